The van der Waals surface area contributed by atoms with Gasteiger partial charge in [0.1, 0.15) is 0 Å². The number of nitrogens with one attached hydrogen (secondary N) is 2. The molecule has 1 aromatic heterocycles. The van der Waals surface area contributed by atoms with Gasteiger partial charge in [-0.1, -0.05) is 0 Å². The molecule has 0 fully saturated rings. The third-order valence-corrected chi connectivity index (χ3v) is 4.20. The third-order valence-electron chi connectivity index (χ3n) is 2.85. The van der Waals surface area contributed by atoms with Crippen LogP contribution in [0.5, 0.6) is 5.75 Å². The van der Waals surface area contributed by atoms with Gasteiger partial charge in [0, 0.05) is 17.3 Å². The molecule has 0 aliphatic heterocycles. The highest BCUT2D eigenvalue weighted by atomic mass is 32.2. The second kappa shape index (κ2) is 5.70. The van der Waals surface area contributed by atoms with Gasteiger partial charge in [0.15, 0.2) is 11.6 Å². The average molecular weight is 315 g/mol. The van der Waals surface area contributed by atoms with E-state index < -0.39 is 22.4 Å². The average Bonchev–Trinajstić information content (AvgIpc) is 2.80. The highest BCUT2D eigenvalue weighted by Crippen LogP contribution is 2.24. The van der Waals surface area contributed by atoms with Crippen LogP contribution in [0, 0.1) is 12.7 Å². The molecule has 9 heteroatoms. The Morgan fingerprint density at radius 3 is 2.76 bits per heavy atom. The van der Waals surface area contributed by atoms with Crippen molar-refractivity contribution in [3.8, 4) is 5.75 Å². The second-order valence-corrected chi connectivity index (χ2v) is 5.84. The van der Waals surface area contributed by atoms with Crippen molar-refractivity contribution < 1.29 is 22.7 Å². The lowest BCUT2D eigenvalue weighted by Crippen LogP contribution is -2.15. The summed E-state index contributed by atoms with van der Waals surface area (Å²) in [5.41, 5.74) is 0.633. The molecule has 21 heavy (non-hydrogen) atoms. The van der Waals surface area contributed by atoms with E-state index in [0.29, 0.717) is 5.69 Å². The van der Waals surface area contributed by atoms with Crippen molar-refractivity contribution in [2.24, 2.45) is 0 Å². The molecular formula is C12H14FN3O4S. The summed E-state index contributed by atoms with van der Waals surface area (Å²) in [6, 6.07) is 3.65. The zero-order chi connectivity index (χ0) is 15.6. The molecular weight excluding hydrogens is 301 g/mol. The summed E-state index contributed by atoms with van der Waals surface area (Å²) in [4.78, 5) is 0. The van der Waals surface area contributed by atoms with E-state index in [2.05, 4.69) is 14.9 Å². The van der Waals surface area contributed by atoms with E-state index in [1.807, 2.05) is 0 Å². The molecule has 2 aromatic rings. The standard InChI is InChI=1S/C12H14FN3O4S/c1-7-9(6-17)12(15-14-7)21(18,19)16-8-3-4-11(20-2)10(13)5-8/h3-5,16-17H,6H2,1-2H3,(H,14,15). The number of nitrogens with zero attached hydrogens (tertiary/aromatic N) is 1. The Hall–Kier alpha value is -2.13. The molecule has 0 radical (unpaired) electrons. The number of anilines is 1. The van der Waals surface area contributed by atoms with E-state index in [4.69, 9.17) is 4.74 Å². The summed E-state index contributed by atoms with van der Waals surface area (Å²) in [7, 11) is -2.72. The monoisotopic (exact) mass is 315 g/mol. The molecule has 1 heterocycles. The van der Waals surface area contributed by atoms with Crippen molar-refractivity contribution in [3.63, 3.8) is 0 Å². The fourth-order valence-corrected chi connectivity index (χ4v) is 3.01. The summed E-state index contributed by atoms with van der Waals surface area (Å²) >= 11 is 0. The molecule has 0 amide bonds. The lowest BCUT2D eigenvalue weighted by Gasteiger charge is -2.08. The number of aliphatic hydroxyl groups is 1. The van der Waals surface area contributed by atoms with Crippen LogP contribution in [0.2, 0.25) is 0 Å². The number of halogens is 1. The molecule has 2 rings (SSSR count). The van der Waals surface area contributed by atoms with E-state index in [0.717, 1.165) is 6.07 Å². The van der Waals surface area contributed by atoms with Crippen LogP contribution in [-0.4, -0.2) is 30.8 Å². The smallest absolute Gasteiger partial charge is 0.281 e. The van der Waals surface area contributed by atoms with Crippen LogP contribution in [0.3, 0.4) is 0 Å². The van der Waals surface area contributed by atoms with Gasteiger partial charge in [-0.3, -0.25) is 9.82 Å². The number of ether oxygens (including phenoxy) is 1. The van der Waals surface area contributed by atoms with Crippen LogP contribution in [0.25, 0.3) is 0 Å². The van der Waals surface area contributed by atoms with E-state index in [1.165, 1.54) is 19.2 Å². The molecule has 0 bridgehead atoms. The Bertz CT molecular complexity index is 758. The number of hydrogen-bond acceptors (Lipinski definition) is 5. The van der Waals surface area contributed by atoms with Gasteiger partial charge in [-0.25, -0.2) is 4.39 Å². The Morgan fingerprint density at radius 2 is 2.19 bits per heavy atom. The van der Waals surface area contributed by atoms with Crippen molar-refractivity contribution in [2.45, 2.75) is 18.6 Å². The van der Waals surface area contributed by atoms with Crippen molar-refractivity contribution in [2.75, 3.05) is 11.8 Å². The van der Waals surface area contributed by atoms with Gasteiger partial charge in [-0.05, 0) is 19.1 Å². The number of rotatable bonds is 5. The van der Waals surface area contributed by atoms with Crippen LogP contribution in [0.4, 0.5) is 10.1 Å². The Labute approximate surface area is 120 Å². The topological polar surface area (TPSA) is 104 Å². The van der Waals surface area contributed by atoms with E-state index in [-0.39, 0.29) is 22.0 Å². The molecule has 3 N–H and O–H groups in total. The fraction of sp³-hybridized carbons (Fsp3) is 0.250. The van der Waals surface area contributed by atoms with E-state index in [1.54, 1.807) is 6.92 Å². The first-order valence-corrected chi connectivity index (χ1v) is 7.38. The number of benzene rings is 1. The Kier molecular flexibility index (Phi) is 4.14. The molecule has 0 aliphatic carbocycles. The predicted molar refractivity (Wildman–Crippen MR) is 73.0 cm³/mol. The molecule has 0 unspecified atom stereocenters. The van der Waals surface area contributed by atoms with Crippen LogP contribution < -0.4 is 9.46 Å². The summed E-state index contributed by atoms with van der Waals surface area (Å²) in [5.74, 6) is -0.692. The molecule has 0 saturated carbocycles. The van der Waals surface area contributed by atoms with Crippen LogP contribution >= 0.6 is 0 Å². The highest BCUT2D eigenvalue weighted by molar-refractivity contribution is 7.92. The van der Waals surface area contributed by atoms with Gasteiger partial charge in [0.05, 0.1) is 19.4 Å². The molecule has 0 spiro atoms. The zero-order valence-corrected chi connectivity index (χ0v) is 12.2. The predicted octanol–water partition coefficient (Wildman–Crippen LogP) is 1.16. The van der Waals surface area contributed by atoms with Crippen molar-refractivity contribution in [1.82, 2.24) is 10.2 Å². The molecule has 7 nitrogen and oxygen atoms in total. The van der Waals surface area contributed by atoms with Gasteiger partial charge in [-0.15, -0.1) is 0 Å². The third kappa shape index (κ3) is 2.98. The minimum absolute atomic E-state index is 0.00427. The van der Waals surface area contributed by atoms with Gasteiger partial charge in [0.25, 0.3) is 10.0 Å². The Morgan fingerprint density at radius 1 is 1.48 bits per heavy atom. The van der Waals surface area contributed by atoms with E-state index >= 15 is 0 Å². The van der Waals surface area contributed by atoms with Gasteiger partial charge >= 0.3 is 0 Å². The number of H-pyrrole nitrogens is 1. The minimum atomic E-state index is -4.03. The highest BCUT2D eigenvalue weighted by Gasteiger charge is 2.23. The number of aromatic nitrogens is 2. The summed E-state index contributed by atoms with van der Waals surface area (Å²) in [6.45, 7) is 1.11. The minimum Gasteiger partial charge on any atom is -0.494 e. The number of aromatic amines is 1. The molecule has 0 saturated heterocycles. The zero-order valence-electron chi connectivity index (χ0n) is 11.3. The summed E-state index contributed by atoms with van der Waals surface area (Å²) in [6.07, 6.45) is 0. The fourth-order valence-electron chi connectivity index (χ4n) is 1.77. The molecule has 114 valence electrons. The first-order valence-electron chi connectivity index (χ1n) is 5.90. The van der Waals surface area contributed by atoms with Crippen LogP contribution in [0.15, 0.2) is 23.2 Å². The van der Waals surface area contributed by atoms with Crippen LogP contribution in [-0.2, 0) is 16.6 Å². The largest absolute Gasteiger partial charge is 0.494 e. The SMILES string of the molecule is COc1ccc(NS(=O)(=O)c2n[nH]c(C)c2CO)cc1F. The van der Waals surface area contributed by atoms with Crippen molar-refractivity contribution in [1.29, 1.82) is 0 Å². The quantitative estimate of drug-likeness (QED) is 0.768. The molecule has 1 aromatic carbocycles. The normalized spacial score (nSPS) is 11.4. The number of methoxy groups -OCH3 is 1. The van der Waals surface area contributed by atoms with Crippen LogP contribution in [0.1, 0.15) is 11.3 Å². The van der Waals surface area contributed by atoms with Gasteiger partial charge in [-0.2, -0.15) is 13.5 Å². The maximum absolute atomic E-state index is 13.6. The molecule has 0 aliphatic rings. The number of sulfonamides is 1. The number of hydrogen-bond donors (Lipinski definition) is 3. The summed E-state index contributed by atoms with van der Waals surface area (Å²) < 4.78 is 44.9. The van der Waals surface area contributed by atoms with Gasteiger partial charge in [0.2, 0.25) is 5.03 Å². The maximum Gasteiger partial charge on any atom is 0.281 e. The second-order valence-electron chi connectivity index (χ2n) is 4.25. The van der Waals surface area contributed by atoms with Crippen molar-refractivity contribution >= 4 is 15.7 Å². The number of aryl methyl sites for hydroxylation is 1. The lowest BCUT2D eigenvalue weighted by atomic mass is 10.3. The summed E-state index contributed by atoms with van der Waals surface area (Å²) in [5, 5.41) is 15.0. The van der Waals surface area contributed by atoms with Crippen molar-refractivity contribution in [3.05, 3.63) is 35.3 Å². The Balaban J connectivity index is 2.35. The molecule has 0 atom stereocenters. The first kappa shape index (κ1) is 15.3. The van der Waals surface area contributed by atoms with Gasteiger partial charge < -0.3 is 9.84 Å². The maximum atomic E-state index is 13.6. The number of aliphatic hydroxyl groups excluding tert-OH is 1. The lowest BCUT2D eigenvalue weighted by molar-refractivity contribution is 0.277. The first-order chi connectivity index (χ1) is 9.89. The van der Waals surface area contributed by atoms with E-state index in [9.17, 15) is 17.9 Å².